The summed E-state index contributed by atoms with van der Waals surface area (Å²) in [6.45, 7) is 4.61. The SMILES string of the molecule is Cc1ccc(C)c(Cn2c(=O)n(CCCCC(=O)Nc3ccc(F)cc3)c(=O)c3ccccc32)c1. The van der Waals surface area contributed by atoms with Crippen LogP contribution in [0.1, 0.15) is 36.0 Å². The van der Waals surface area contributed by atoms with Gasteiger partial charge in [-0.1, -0.05) is 35.9 Å². The van der Waals surface area contributed by atoms with Gasteiger partial charge in [-0.3, -0.25) is 18.7 Å². The second-order valence-electron chi connectivity index (χ2n) is 8.78. The van der Waals surface area contributed by atoms with E-state index in [1.165, 1.54) is 28.8 Å². The van der Waals surface area contributed by atoms with Crippen molar-refractivity contribution in [2.45, 2.75) is 46.2 Å². The molecule has 0 aliphatic rings. The number of carbonyl (C=O) groups is 1. The topological polar surface area (TPSA) is 73.1 Å². The van der Waals surface area contributed by atoms with E-state index < -0.39 is 0 Å². The van der Waals surface area contributed by atoms with Crippen molar-refractivity contribution in [2.75, 3.05) is 5.32 Å². The highest BCUT2D eigenvalue weighted by atomic mass is 19.1. The lowest BCUT2D eigenvalue weighted by atomic mass is 10.1. The van der Waals surface area contributed by atoms with Gasteiger partial charge < -0.3 is 5.32 Å². The van der Waals surface area contributed by atoms with Crippen LogP contribution < -0.4 is 16.6 Å². The lowest BCUT2D eigenvalue weighted by Crippen LogP contribution is -2.40. The number of nitrogens with zero attached hydrogens (tertiary/aromatic N) is 2. The minimum Gasteiger partial charge on any atom is -0.326 e. The maximum atomic E-state index is 13.4. The average molecular weight is 474 g/mol. The summed E-state index contributed by atoms with van der Waals surface area (Å²) < 4.78 is 15.9. The number of anilines is 1. The summed E-state index contributed by atoms with van der Waals surface area (Å²) in [5, 5.41) is 3.21. The summed E-state index contributed by atoms with van der Waals surface area (Å²) in [6, 6.07) is 18.8. The zero-order valence-corrected chi connectivity index (χ0v) is 19.9. The third-order valence-electron chi connectivity index (χ3n) is 6.13. The molecule has 0 aliphatic carbocycles. The van der Waals surface area contributed by atoms with E-state index in [1.807, 2.05) is 32.0 Å². The monoisotopic (exact) mass is 473 g/mol. The molecule has 180 valence electrons. The Bertz CT molecular complexity index is 1490. The summed E-state index contributed by atoms with van der Waals surface area (Å²) >= 11 is 0. The van der Waals surface area contributed by atoms with Crippen molar-refractivity contribution in [3.05, 3.63) is 110 Å². The van der Waals surface area contributed by atoms with Crippen LogP contribution in [0.5, 0.6) is 0 Å². The number of fused-ring (bicyclic) bond motifs is 1. The average Bonchev–Trinajstić information content (AvgIpc) is 2.84. The van der Waals surface area contributed by atoms with Gasteiger partial charge in [0.05, 0.1) is 17.4 Å². The molecular formula is C28H28FN3O3. The molecule has 7 heteroatoms. The number of carbonyl (C=O) groups excluding carboxylic acids is 1. The number of halogens is 1. The number of benzene rings is 3. The van der Waals surface area contributed by atoms with Gasteiger partial charge in [0.25, 0.3) is 5.56 Å². The highest BCUT2D eigenvalue weighted by Crippen LogP contribution is 2.15. The van der Waals surface area contributed by atoms with Crippen LogP contribution in [0.3, 0.4) is 0 Å². The van der Waals surface area contributed by atoms with E-state index in [0.29, 0.717) is 36.0 Å². The predicted molar refractivity (Wildman–Crippen MR) is 136 cm³/mol. The summed E-state index contributed by atoms with van der Waals surface area (Å²) in [6.07, 6.45) is 1.23. The van der Waals surface area contributed by atoms with Gasteiger partial charge in [0.1, 0.15) is 5.82 Å². The first-order chi connectivity index (χ1) is 16.8. The molecule has 6 nitrogen and oxygen atoms in total. The summed E-state index contributed by atoms with van der Waals surface area (Å²) in [4.78, 5) is 38.7. The lowest BCUT2D eigenvalue weighted by molar-refractivity contribution is -0.116. The number of amides is 1. The van der Waals surface area contributed by atoms with Crippen LogP contribution in [0.2, 0.25) is 0 Å². The molecule has 3 aromatic carbocycles. The molecule has 4 rings (SSSR count). The molecule has 0 bridgehead atoms. The van der Waals surface area contributed by atoms with Crippen LogP contribution in [0.15, 0.2) is 76.3 Å². The molecule has 0 spiro atoms. The van der Waals surface area contributed by atoms with Gasteiger partial charge in [0.15, 0.2) is 0 Å². The van der Waals surface area contributed by atoms with Crippen molar-refractivity contribution < 1.29 is 9.18 Å². The first-order valence-electron chi connectivity index (χ1n) is 11.7. The Kier molecular flexibility index (Phi) is 7.25. The highest BCUT2D eigenvalue weighted by Gasteiger charge is 2.14. The maximum Gasteiger partial charge on any atom is 0.331 e. The Morgan fingerprint density at radius 3 is 2.43 bits per heavy atom. The fourth-order valence-corrected chi connectivity index (χ4v) is 4.17. The number of aromatic nitrogens is 2. The Morgan fingerprint density at radius 2 is 1.66 bits per heavy atom. The van der Waals surface area contributed by atoms with Crippen LogP contribution in [0, 0.1) is 19.7 Å². The van der Waals surface area contributed by atoms with E-state index in [9.17, 15) is 18.8 Å². The van der Waals surface area contributed by atoms with E-state index in [2.05, 4.69) is 11.4 Å². The number of unbranched alkanes of at least 4 members (excludes halogenated alkanes) is 1. The zero-order valence-electron chi connectivity index (χ0n) is 19.9. The van der Waals surface area contributed by atoms with Gasteiger partial charge in [-0.15, -0.1) is 0 Å². The molecule has 0 unspecified atom stereocenters. The third kappa shape index (κ3) is 5.57. The molecule has 0 atom stereocenters. The van der Waals surface area contributed by atoms with Crippen LogP contribution >= 0.6 is 0 Å². The predicted octanol–water partition coefficient (Wildman–Crippen LogP) is 4.78. The van der Waals surface area contributed by atoms with Crippen LogP contribution in [0.4, 0.5) is 10.1 Å². The Labute approximate surface area is 202 Å². The molecule has 1 N–H and O–H groups in total. The van der Waals surface area contributed by atoms with Gasteiger partial charge in [-0.2, -0.15) is 0 Å². The molecule has 1 aromatic heterocycles. The first-order valence-corrected chi connectivity index (χ1v) is 11.7. The lowest BCUT2D eigenvalue weighted by Gasteiger charge is -2.16. The van der Waals surface area contributed by atoms with Crippen molar-refractivity contribution in [3.63, 3.8) is 0 Å². The minimum atomic E-state index is -0.368. The molecular weight excluding hydrogens is 445 g/mol. The molecule has 35 heavy (non-hydrogen) atoms. The van der Waals surface area contributed by atoms with E-state index in [1.54, 1.807) is 22.8 Å². The Hall–Kier alpha value is -4.00. The molecule has 4 aromatic rings. The quantitative estimate of drug-likeness (QED) is 0.375. The number of para-hydroxylation sites is 1. The van der Waals surface area contributed by atoms with Gasteiger partial charge >= 0.3 is 5.69 Å². The summed E-state index contributed by atoms with van der Waals surface area (Å²) in [5.74, 6) is -0.568. The van der Waals surface area contributed by atoms with Crippen molar-refractivity contribution in [1.82, 2.24) is 9.13 Å². The zero-order chi connectivity index (χ0) is 24.9. The first kappa shape index (κ1) is 24.1. The Morgan fingerprint density at radius 1 is 0.914 bits per heavy atom. The molecule has 0 fully saturated rings. The van der Waals surface area contributed by atoms with Crippen LogP contribution in [-0.2, 0) is 17.9 Å². The number of rotatable bonds is 8. The molecule has 1 heterocycles. The second kappa shape index (κ2) is 10.5. The number of aryl methyl sites for hydroxylation is 2. The molecule has 0 radical (unpaired) electrons. The van der Waals surface area contributed by atoms with E-state index in [-0.39, 0.29) is 35.9 Å². The van der Waals surface area contributed by atoms with Crippen LogP contribution in [0.25, 0.3) is 10.9 Å². The van der Waals surface area contributed by atoms with Crippen molar-refractivity contribution >= 4 is 22.5 Å². The minimum absolute atomic E-state index is 0.199. The second-order valence-corrected chi connectivity index (χ2v) is 8.78. The number of nitrogens with one attached hydrogen (secondary N) is 1. The van der Waals surface area contributed by atoms with E-state index >= 15 is 0 Å². The highest BCUT2D eigenvalue weighted by molar-refractivity contribution is 5.90. The number of hydrogen-bond acceptors (Lipinski definition) is 3. The standard InChI is InChI=1S/C28H28FN3O3/c1-19-10-11-20(2)21(17-19)18-32-25-8-4-3-7-24(25)27(34)31(28(32)35)16-6-5-9-26(33)30-23-14-12-22(29)13-15-23/h3-4,7-8,10-15,17H,5-6,9,16,18H2,1-2H3,(H,30,33). The third-order valence-corrected chi connectivity index (χ3v) is 6.13. The van der Waals surface area contributed by atoms with Crippen molar-refractivity contribution in [3.8, 4) is 0 Å². The van der Waals surface area contributed by atoms with Gasteiger partial charge in [-0.05, 0) is 74.2 Å². The van der Waals surface area contributed by atoms with Crippen molar-refractivity contribution in [1.29, 1.82) is 0 Å². The van der Waals surface area contributed by atoms with Crippen LogP contribution in [-0.4, -0.2) is 15.0 Å². The van der Waals surface area contributed by atoms with E-state index in [0.717, 1.165) is 16.7 Å². The molecule has 0 saturated heterocycles. The number of hydrogen-bond donors (Lipinski definition) is 1. The van der Waals surface area contributed by atoms with E-state index in [4.69, 9.17) is 0 Å². The normalized spacial score (nSPS) is 11.1. The molecule has 0 saturated carbocycles. The van der Waals surface area contributed by atoms with Crippen molar-refractivity contribution in [2.24, 2.45) is 0 Å². The maximum absolute atomic E-state index is 13.4. The van der Waals surface area contributed by atoms with Gasteiger partial charge in [0, 0.05) is 18.7 Å². The fourth-order valence-electron chi connectivity index (χ4n) is 4.17. The van der Waals surface area contributed by atoms with Gasteiger partial charge in [-0.25, -0.2) is 9.18 Å². The van der Waals surface area contributed by atoms with Gasteiger partial charge in [0.2, 0.25) is 5.91 Å². The molecule has 0 aliphatic heterocycles. The largest absolute Gasteiger partial charge is 0.331 e. The summed E-state index contributed by atoms with van der Waals surface area (Å²) in [5.41, 5.74) is 3.67. The smallest absolute Gasteiger partial charge is 0.326 e. The fraction of sp³-hybridized carbons (Fsp3) is 0.250. The Balaban J connectivity index is 1.52. The summed E-state index contributed by atoms with van der Waals surface area (Å²) in [7, 11) is 0. The molecule has 1 amide bonds.